The van der Waals surface area contributed by atoms with Crippen molar-refractivity contribution in [2.45, 2.75) is 19.4 Å². The smallest absolute Gasteiger partial charge is 0.258 e. The zero-order valence-electron chi connectivity index (χ0n) is 11.7. The molecule has 0 aliphatic carbocycles. The largest absolute Gasteiger partial charge is 0.366 e. The molecule has 2 amide bonds. The van der Waals surface area contributed by atoms with Crippen molar-refractivity contribution in [1.29, 1.82) is 0 Å². The van der Waals surface area contributed by atoms with Crippen LogP contribution in [0.25, 0.3) is 0 Å². The van der Waals surface area contributed by atoms with Crippen LogP contribution in [0.1, 0.15) is 33.2 Å². The highest BCUT2D eigenvalue weighted by Gasteiger charge is 2.31. The van der Waals surface area contributed by atoms with E-state index in [0.29, 0.717) is 11.1 Å². The fourth-order valence-corrected chi connectivity index (χ4v) is 2.79. The Morgan fingerprint density at radius 3 is 2.33 bits per heavy atom. The lowest BCUT2D eigenvalue weighted by Gasteiger charge is -2.22. The minimum Gasteiger partial charge on any atom is -0.366 e. The number of carbonyl (C=O) groups is 2. The van der Waals surface area contributed by atoms with Crippen LogP contribution in [0.4, 0.5) is 5.69 Å². The maximum atomic E-state index is 12.7. The summed E-state index contributed by atoms with van der Waals surface area (Å²) in [6.45, 7) is 2.04. The Morgan fingerprint density at radius 2 is 1.67 bits per heavy atom. The number of hydrogen-bond donors (Lipinski definition) is 1. The van der Waals surface area contributed by atoms with Gasteiger partial charge in [0, 0.05) is 22.9 Å². The molecule has 106 valence electrons. The maximum absolute atomic E-state index is 12.7. The summed E-state index contributed by atoms with van der Waals surface area (Å²) in [6, 6.07) is 14.5. The molecule has 0 saturated heterocycles. The Morgan fingerprint density at radius 1 is 1.05 bits per heavy atom. The van der Waals surface area contributed by atoms with Crippen LogP contribution in [-0.2, 0) is 6.42 Å². The molecule has 0 aromatic heterocycles. The molecule has 2 aromatic rings. The van der Waals surface area contributed by atoms with Gasteiger partial charge in [-0.2, -0.15) is 0 Å². The second-order valence-corrected chi connectivity index (χ2v) is 5.30. The summed E-state index contributed by atoms with van der Waals surface area (Å²) >= 11 is 0. The van der Waals surface area contributed by atoms with Crippen molar-refractivity contribution in [3.8, 4) is 0 Å². The summed E-state index contributed by atoms with van der Waals surface area (Å²) in [5.41, 5.74) is 8.33. The van der Waals surface area contributed by atoms with Crippen molar-refractivity contribution in [3.05, 3.63) is 65.2 Å². The van der Waals surface area contributed by atoms with Gasteiger partial charge < -0.3 is 10.6 Å². The number of carbonyl (C=O) groups excluding carboxylic acids is 2. The van der Waals surface area contributed by atoms with Crippen molar-refractivity contribution in [1.82, 2.24) is 0 Å². The van der Waals surface area contributed by atoms with Gasteiger partial charge in [-0.15, -0.1) is 0 Å². The van der Waals surface area contributed by atoms with Crippen LogP contribution in [0.3, 0.4) is 0 Å². The van der Waals surface area contributed by atoms with E-state index in [0.717, 1.165) is 12.1 Å². The minimum absolute atomic E-state index is 0.0523. The minimum atomic E-state index is -0.492. The van der Waals surface area contributed by atoms with Gasteiger partial charge in [0.1, 0.15) is 0 Å². The molecule has 0 bridgehead atoms. The van der Waals surface area contributed by atoms with Gasteiger partial charge in [0.05, 0.1) is 0 Å². The van der Waals surface area contributed by atoms with Crippen LogP contribution in [0.2, 0.25) is 0 Å². The van der Waals surface area contributed by atoms with Crippen LogP contribution in [-0.4, -0.2) is 17.9 Å². The average Bonchev–Trinajstić information content (AvgIpc) is 2.82. The first-order chi connectivity index (χ1) is 10.1. The van der Waals surface area contributed by atoms with E-state index >= 15 is 0 Å². The average molecular weight is 280 g/mol. The van der Waals surface area contributed by atoms with Gasteiger partial charge in [-0.3, -0.25) is 9.59 Å². The predicted octanol–water partition coefficient (Wildman–Crippen LogP) is 2.38. The van der Waals surface area contributed by atoms with E-state index in [1.165, 1.54) is 5.56 Å². The molecule has 0 fully saturated rings. The molecule has 2 aromatic carbocycles. The standard InChI is InChI=1S/C17H16N2O2/c1-11-10-14-4-2-3-5-15(14)19(11)17(21)13-8-6-12(7-9-13)16(18)20/h2-9,11H,10H2,1H3,(H2,18,20)/t11-/m0/s1. The first kappa shape index (κ1) is 13.4. The van der Waals surface area contributed by atoms with Crippen molar-refractivity contribution < 1.29 is 9.59 Å². The van der Waals surface area contributed by atoms with E-state index < -0.39 is 5.91 Å². The van der Waals surface area contributed by atoms with E-state index in [4.69, 9.17) is 5.73 Å². The van der Waals surface area contributed by atoms with E-state index in [1.807, 2.05) is 30.0 Å². The zero-order chi connectivity index (χ0) is 15.0. The number of nitrogens with zero attached hydrogens (tertiary/aromatic N) is 1. The second kappa shape index (κ2) is 5.05. The first-order valence-electron chi connectivity index (χ1n) is 6.89. The van der Waals surface area contributed by atoms with Crippen LogP contribution in [0.15, 0.2) is 48.5 Å². The highest BCUT2D eigenvalue weighted by atomic mass is 16.2. The normalized spacial score (nSPS) is 16.6. The molecule has 21 heavy (non-hydrogen) atoms. The van der Waals surface area contributed by atoms with Crippen LogP contribution >= 0.6 is 0 Å². The highest BCUT2D eigenvalue weighted by Crippen LogP contribution is 2.32. The van der Waals surface area contributed by atoms with Crippen LogP contribution in [0, 0.1) is 0 Å². The summed E-state index contributed by atoms with van der Waals surface area (Å²) in [5, 5.41) is 0. The molecule has 4 nitrogen and oxygen atoms in total. The molecular formula is C17H16N2O2. The topological polar surface area (TPSA) is 63.4 Å². The van der Waals surface area contributed by atoms with E-state index in [9.17, 15) is 9.59 Å². The lowest BCUT2D eigenvalue weighted by molar-refractivity contribution is 0.0976. The maximum Gasteiger partial charge on any atom is 0.258 e. The molecule has 0 radical (unpaired) electrons. The van der Waals surface area contributed by atoms with Gasteiger partial charge in [0.25, 0.3) is 5.91 Å². The van der Waals surface area contributed by atoms with E-state index in [-0.39, 0.29) is 11.9 Å². The molecule has 0 saturated carbocycles. The van der Waals surface area contributed by atoms with E-state index in [1.54, 1.807) is 24.3 Å². The summed E-state index contributed by atoms with van der Waals surface area (Å²) in [5.74, 6) is -0.544. The fraction of sp³-hybridized carbons (Fsp3) is 0.176. The lowest BCUT2D eigenvalue weighted by Crippen LogP contribution is -2.35. The fourth-order valence-electron chi connectivity index (χ4n) is 2.79. The first-order valence-corrected chi connectivity index (χ1v) is 6.89. The summed E-state index contributed by atoms with van der Waals surface area (Å²) in [6.07, 6.45) is 0.862. The molecule has 2 N–H and O–H groups in total. The SMILES string of the molecule is C[C@H]1Cc2ccccc2N1C(=O)c1ccc(C(N)=O)cc1. The van der Waals surface area contributed by atoms with Crippen LogP contribution in [0.5, 0.6) is 0 Å². The van der Waals surface area contributed by atoms with Crippen molar-refractivity contribution in [2.24, 2.45) is 5.73 Å². The Kier molecular flexibility index (Phi) is 3.22. The quantitative estimate of drug-likeness (QED) is 0.918. The van der Waals surface area contributed by atoms with Crippen molar-refractivity contribution >= 4 is 17.5 Å². The van der Waals surface area contributed by atoms with Gasteiger partial charge in [0.2, 0.25) is 5.91 Å². The lowest BCUT2D eigenvalue weighted by atomic mass is 10.1. The van der Waals surface area contributed by atoms with E-state index in [2.05, 4.69) is 6.07 Å². The monoisotopic (exact) mass is 280 g/mol. The number of hydrogen-bond acceptors (Lipinski definition) is 2. The third-order valence-corrected chi connectivity index (χ3v) is 3.84. The number of primary amides is 1. The van der Waals surface area contributed by atoms with Crippen molar-refractivity contribution in [3.63, 3.8) is 0 Å². The van der Waals surface area contributed by atoms with Gasteiger partial charge in [-0.05, 0) is 49.2 Å². The number of rotatable bonds is 2. The zero-order valence-corrected chi connectivity index (χ0v) is 11.7. The Hall–Kier alpha value is -2.62. The Balaban J connectivity index is 1.93. The van der Waals surface area contributed by atoms with Gasteiger partial charge in [0.15, 0.2) is 0 Å². The highest BCUT2D eigenvalue weighted by molar-refractivity contribution is 6.08. The molecule has 4 heteroatoms. The molecule has 1 aliphatic rings. The van der Waals surface area contributed by atoms with Gasteiger partial charge >= 0.3 is 0 Å². The molecular weight excluding hydrogens is 264 g/mol. The molecule has 3 rings (SSSR count). The molecule has 1 aliphatic heterocycles. The van der Waals surface area contributed by atoms with Crippen LogP contribution < -0.4 is 10.6 Å². The molecule has 0 unspecified atom stereocenters. The number of fused-ring (bicyclic) bond motifs is 1. The summed E-state index contributed by atoms with van der Waals surface area (Å²) in [7, 11) is 0. The molecule has 1 atom stereocenters. The molecule has 0 spiro atoms. The molecule has 1 heterocycles. The van der Waals surface area contributed by atoms with Crippen molar-refractivity contribution in [2.75, 3.05) is 4.90 Å². The third kappa shape index (κ3) is 2.29. The third-order valence-electron chi connectivity index (χ3n) is 3.84. The number of anilines is 1. The van der Waals surface area contributed by atoms with Gasteiger partial charge in [-0.1, -0.05) is 18.2 Å². The predicted molar refractivity (Wildman–Crippen MR) is 81.4 cm³/mol. The second-order valence-electron chi connectivity index (χ2n) is 5.30. The number of benzene rings is 2. The Labute approximate surface area is 123 Å². The number of nitrogens with two attached hydrogens (primary N) is 1. The summed E-state index contributed by atoms with van der Waals surface area (Å²) in [4.78, 5) is 25.6. The van der Waals surface area contributed by atoms with Gasteiger partial charge in [-0.25, -0.2) is 0 Å². The number of para-hydroxylation sites is 1. The Bertz CT molecular complexity index is 707. The summed E-state index contributed by atoms with van der Waals surface area (Å²) < 4.78 is 0. The number of amides is 2.